The monoisotopic (exact) mass is 144 g/mol. The highest BCUT2D eigenvalue weighted by atomic mass is 16.5. The van der Waals surface area contributed by atoms with Crippen LogP contribution in [0.25, 0.3) is 0 Å². The van der Waals surface area contributed by atoms with E-state index in [1.54, 1.807) is 0 Å². The fraction of sp³-hybridized carbons (Fsp3) is 0.833. The van der Waals surface area contributed by atoms with Crippen molar-refractivity contribution in [3.05, 3.63) is 0 Å². The predicted octanol–water partition coefficient (Wildman–Crippen LogP) is -0.414. The maximum atomic E-state index is 10.6. The zero-order valence-electron chi connectivity index (χ0n) is 6.22. The first-order chi connectivity index (χ1) is 4.52. The summed E-state index contributed by atoms with van der Waals surface area (Å²) in [6.45, 7) is 4.31. The van der Waals surface area contributed by atoms with Gasteiger partial charge in [-0.05, 0) is 13.8 Å². The molecule has 1 amide bonds. The van der Waals surface area contributed by atoms with Gasteiger partial charge in [0, 0.05) is 6.54 Å². The summed E-state index contributed by atoms with van der Waals surface area (Å²) >= 11 is 0. The number of carbonyl (C=O) groups is 1. The van der Waals surface area contributed by atoms with E-state index >= 15 is 0 Å². The zero-order valence-corrected chi connectivity index (χ0v) is 6.22. The Labute approximate surface area is 59.8 Å². The van der Waals surface area contributed by atoms with Gasteiger partial charge in [0.05, 0.1) is 5.54 Å². The molecule has 4 nitrogen and oxygen atoms in total. The number of hydrogen-bond acceptors (Lipinski definition) is 3. The summed E-state index contributed by atoms with van der Waals surface area (Å²) in [5.74, 6) is -0.123. The van der Waals surface area contributed by atoms with Gasteiger partial charge in [-0.2, -0.15) is 5.06 Å². The molecule has 0 spiro atoms. The first-order valence-electron chi connectivity index (χ1n) is 3.25. The van der Waals surface area contributed by atoms with Gasteiger partial charge in [-0.25, -0.2) is 0 Å². The molecule has 0 unspecified atom stereocenters. The lowest BCUT2D eigenvalue weighted by Gasteiger charge is -2.37. The third-order valence-corrected chi connectivity index (χ3v) is 1.71. The second-order valence-corrected chi connectivity index (χ2v) is 3.15. The topological polar surface area (TPSA) is 52.6 Å². The standard InChI is InChI=1S/C6H12N2O2/c1-6(2)4-7-5(9)3-8(6)10/h10H,3-4H2,1-2H3,(H,7,9). The van der Waals surface area contributed by atoms with Gasteiger partial charge >= 0.3 is 0 Å². The molecule has 2 N–H and O–H groups in total. The van der Waals surface area contributed by atoms with E-state index in [0.717, 1.165) is 5.06 Å². The van der Waals surface area contributed by atoms with Crippen LogP contribution in [-0.2, 0) is 4.79 Å². The van der Waals surface area contributed by atoms with Crippen molar-refractivity contribution in [1.29, 1.82) is 0 Å². The lowest BCUT2D eigenvalue weighted by atomic mass is 10.0. The van der Waals surface area contributed by atoms with Gasteiger partial charge in [0.1, 0.15) is 6.54 Å². The normalized spacial score (nSPS) is 26.1. The quantitative estimate of drug-likeness (QED) is 0.485. The van der Waals surface area contributed by atoms with Crippen molar-refractivity contribution >= 4 is 5.91 Å². The molecule has 0 bridgehead atoms. The Morgan fingerprint density at radius 3 is 2.70 bits per heavy atom. The Hall–Kier alpha value is -0.610. The largest absolute Gasteiger partial charge is 0.353 e. The molecule has 1 aliphatic rings. The van der Waals surface area contributed by atoms with Crippen LogP contribution in [0.5, 0.6) is 0 Å². The van der Waals surface area contributed by atoms with Gasteiger partial charge in [-0.1, -0.05) is 0 Å². The van der Waals surface area contributed by atoms with Gasteiger partial charge in [0.25, 0.3) is 0 Å². The van der Waals surface area contributed by atoms with Crippen LogP contribution in [0.1, 0.15) is 13.8 Å². The third kappa shape index (κ3) is 1.27. The maximum absolute atomic E-state index is 10.6. The first-order valence-corrected chi connectivity index (χ1v) is 3.25. The van der Waals surface area contributed by atoms with Crippen LogP contribution in [0.4, 0.5) is 0 Å². The number of carbonyl (C=O) groups excluding carboxylic acids is 1. The number of nitrogens with zero attached hydrogens (tertiary/aromatic N) is 1. The number of hydrogen-bond donors (Lipinski definition) is 2. The summed E-state index contributed by atoms with van der Waals surface area (Å²) in [6.07, 6.45) is 0. The summed E-state index contributed by atoms with van der Waals surface area (Å²) in [6, 6.07) is 0. The van der Waals surface area contributed by atoms with E-state index in [-0.39, 0.29) is 18.0 Å². The molecule has 0 radical (unpaired) electrons. The van der Waals surface area contributed by atoms with E-state index in [2.05, 4.69) is 5.32 Å². The van der Waals surface area contributed by atoms with Crippen molar-refractivity contribution in [2.24, 2.45) is 0 Å². The van der Waals surface area contributed by atoms with Gasteiger partial charge in [-0.3, -0.25) is 4.79 Å². The summed E-state index contributed by atoms with van der Waals surface area (Å²) in [5, 5.41) is 12.9. The van der Waals surface area contributed by atoms with Crippen LogP contribution < -0.4 is 5.32 Å². The number of hydroxylamine groups is 2. The van der Waals surface area contributed by atoms with E-state index in [0.29, 0.717) is 6.54 Å². The fourth-order valence-corrected chi connectivity index (χ4v) is 0.812. The van der Waals surface area contributed by atoms with Crippen molar-refractivity contribution in [3.8, 4) is 0 Å². The SMILES string of the molecule is CC1(C)CNC(=O)CN1O. The molecular formula is C6H12N2O2. The van der Waals surface area contributed by atoms with Gasteiger partial charge in [-0.15, -0.1) is 0 Å². The lowest BCUT2D eigenvalue weighted by molar-refractivity contribution is -0.181. The molecule has 1 aliphatic heterocycles. The molecule has 0 aromatic heterocycles. The average Bonchev–Trinajstić information content (AvgIpc) is 1.81. The Balaban J connectivity index is 2.60. The van der Waals surface area contributed by atoms with Crippen LogP contribution in [-0.4, -0.2) is 34.8 Å². The lowest BCUT2D eigenvalue weighted by Crippen LogP contribution is -2.58. The minimum atomic E-state index is -0.325. The smallest absolute Gasteiger partial charge is 0.236 e. The molecule has 0 saturated carbocycles. The van der Waals surface area contributed by atoms with Crippen molar-refractivity contribution in [2.45, 2.75) is 19.4 Å². The summed E-state index contributed by atoms with van der Waals surface area (Å²) < 4.78 is 0. The molecule has 0 aliphatic carbocycles. The number of piperazine rings is 1. The molecule has 1 saturated heterocycles. The second kappa shape index (κ2) is 2.21. The van der Waals surface area contributed by atoms with E-state index in [4.69, 9.17) is 0 Å². The minimum absolute atomic E-state index is 0.0764. The van der Waals surface area contributed by atoms with E-state index < -0.39 is 0 Å². The molecule has 4 heteroatoms. The molecule has 0 atom stereocenters. The van der Waals surface area contributed by atoms with Crippen LogP contribution in [0.2, 0.25) is 0 Å². The highest BCUT2D eigenvalue weighted by Gasteiger charge is 2.31. The highest BCUT2D eigenvalue weighted by Crippen LogP contribution is 2.12. The van der Waals surface area contributed by atoms with E-state index in [1.165, 1.54) is 0 Å². The summed E-state index contributed by atoms with van der Waals surface area (Å²) in [4.78, 5) is 10.6. The highest BCUT2D eigenvalue weighted by molar-refractivity contribution is 5.78. The number of amides is 1. The minimum Gasteiger partial charge on any atom is -0.353 e. The molecule has 1 heterocycles. The molecule has 0 aromatic carbocycles. The third-order valence-electron chi connectivity index (χ3n) is 1.71. The number of nitrogens with one attached hydrogen (secondary N) is 1. The average molecular weight is 144 g/mol. The van der Waals surface area contributed by atoms with Crippen LogP contribution >= 0.6 is 0 Å². The van der Waals surface area contributed by atoms with Gasteiger partial charge < -0.3 is 10.5 Å². The predicted molar refractivity (Wildman–Crippen MR) is 35.6 cm³/mol. The van der Waals surface area contributed by atoms with Crippen LogP contribution in [0.15, 0.2) is 0 Å². The Bertz CT molecular complexity index is 156. The van der Waals surface area contributed by atoms with Gasteiger partial charge in [0.2, 0.25) is 5.91 Å². The van der Waals surface area contributed by atoms with E-state index in [1.807, 2.05) is 13.8 Å². The Morgan fingerprint density at radius 1 is 1.70 bits per heavy atom. The number of rotatable bonds is 0. The van der Waals surface area contributed by atoms with Crippen molar-refractivity contribution in [3.63, 3.8) is 0 Å². The summed E-state index contributed by atoms with van der Waals surface area (Å²) in [5.41, 5.74) is -0.325. The van der Waals surface area contributed by atoms with Crippen molar-refractivity contribution in [1.82, 2.24) is 10.4 Å². The van der Waals surface area contributed by atoms with Crippen LogP contribution in [0, 0.1) is 0 Å². The molecular weight excluding hydrogens is 132 g/mol. The maximum Gasteiger partial charge on any atom is 0.236 e. The summed E-state index contributed by atoms with van der Waals surface area (Å²) in [7, 11) is 0. The van der Waals surface area contributed by atoms with Crippen molar-refractivity contribution in [2.75, 3.05) is 13.1 Å². The van der Waals surface area contributed by atoms with Gasteiger partial charge in [0.15, 0.2) is 0 Å². The molecule has 10 heavy (non-hydrogen) atoms. The molecule has 1 fully saturated rings. The Morgan fingerprint density at radius 2 is 2.30 bits per heavy atom. The molecule has 58 valence electrons. The second-order valence-electron chi connectivity index (χ2n) is 3.15. The molecule has 0 aromatic rings. The van der Waals surface area contributed by atoms with Crippen LogP contribution in [0.3, 0.4) is 0 Å². The van der Waals surface area contributed by atoms with E-state index in [9.17, 15) is 10.0 Å². The Kier molecular flexibility index (Phi) is 1.66. The zero-order chi connectivity index (χ0) is 7.78. The first kappa shape index (κ1) is 7.50. The fourth-order valence-electron chi connectivity index (χ4n) is 0.812. The molecule has 1 rings (SSSR count). The van der Waals surface area contributed by atoms with Crippen molar-refractivity contribution < 1.29 is 10.0 Å².